The molecule has 2 heterocycles. The van der Waals surface area contributed by atoms with Crippen molar-refractivity contribution >= 4 is 17.8 Å². The molecule has 3 unspecified atom stereocenters. The Bertz CT molecular complexity index is 437. The third-order valence-corrected chi connectivity index (χ3v) is 4.77. The summed E-state index contributed by atoms with van der Waals surface area (Å²) in [6.45, 7) is 4.70. The largest absolute Gasteiger partial charge is 0.481 e. The lowest BCUT2D eigenvalue weighted by Gasteiger charge is -2.38. The number of rotatable bonds is 3. The van der Waals surface area contributed by atoms with Crippen LogP contribution in [0, 0.1) is 5.92 Å². The highest BCUT2D eigenvalue weighted by Crippen LogP contribution is 2.28. The number of carbonyl (C=O) groups is 3. The average Bonchev–Trinajstić information content (AvgIpc) is 2.87. The first kappa shape index (κ1) is 15.8. The van der Waals surface area contributed by atoms with Crippen LogP contribution in [0.15, 0.2) is 0 Å². The molecular weight excluding hydrogens is 272 g/mol. The van der Waals surface area contributed by atoms with Crippen LogP contribution in [0.5, 0.6) is 0 Å². The maximum atomic E-state index is 12.7. The Hall–Kier alpha value is -1.59. The molecule has 2 fully saturated rings. The topological polar surface area (TPSA) is 77.9 Å². The number of hydrogen-bond donors (Lipinski definition) is 1. The number of carboxylic acids is 1. The zero-order valence-electron chi connectivity index (χ0n) is 12.7. The van der Waals surface area contributed by atoms with Gasteiger partial charge in [-0.15, -0.1) is 0 Å². The van der Waals surface area contributed by atoms with Gasteiger partial charge >= 0.3 is 5.97 Å². The fraction of sp³-hybridized carbons (Fsp3) is 0.800. The SMILES string of the molecule is CCC(=O)N1CCCCC1C(=O)N1CCC(C(=O)O)C1C. The molecular formula is C15H24N2O4. The minimum absolute atomic E-state index is 0.00897. The summed E-state index contributed by atoms with van der Waals surface area (Å²) in [4.78, 5) is 39.3. The van der Waals surface area contributed by atoms with Gasteiger partial charge in [-0.1, -0.05) is 6.92 Å². The molecule has 21 heavy (non-hydrogen) atoms. The van der Waals surface area contributed by atoms with Crippen molar-refractivity contribution in [1.82, 2.24) is 9.80 Å². The van der Waals surface area contributed by atoms with E-state index < -0.39 is 17.9 Å². The van der Waals surface area contributed by atoms with E-state index in [2.05, 4.69) is 0 Å². The van der Waals surface area contributed by atoms with E-state index in [1.54, 1.807) is 23.6 Å². The van der Waals surface area contributed by atoms with E-state index in [9.17, 15) is 14.4 Å². The summed E-state index contributed by atoms with van der Waals surface area (Å²) in [6.07, 6.45) is 3.45. The van der Waals surface area contributed by atoms with Gasteiger partial charge in [-0.2, -0.15) is 0 Å². The fourth-order valence-electron chi connectivity index (χ4n) is 3.46. The third kappa shape index (κ3) is 3.04. The van der Waals surface area contributed by atoms with E-state index in [1.807, 2.05) is 0 Å². The normalized spacial score (nSPS) is 29.5. The number of hydrogen-bond acceptors (Lipinski definition) is 3. The molecule has 6 nitrogen and oxygen atoms in total. The van der Waals surface area contributed by atoms with Crippen LogP contribution < -0.4 is 0 Å². The molecule has 2 rings (SSSR count). The molecule has 0 aromatic carbocycles. The summed E-state index contributed by atoms with van der Waals surface area (Å²) in [7, 11) is 0. The molecule has 0 radical (unpaired) electrons. The Morgan fingerprint density at radius 2 is 1.81 bits per heavy atom. The lowest BCUT2D eigenvalue weighted by molar-refractivity contribution is -0.149. The van der Waals surface area contributed by atoms with Gasteiger partial charge in [-0.05, 0) is 32.6 Å². The van der Waals surface area contributed by atoms with Crippen LogP contribution in [0.4, 0.5) is 0 Å². The zero-order chi connectivity index (χ0) is 15.6. The maximum Gasteiger partial charge on any atom is 0.308 e. The smallest absolute Gasteiger partial charge is 0.308 e. The predicted octanol–water partition coefficient (Wildman–Crippen LogP) is 1.10. The number of carboxylic acid groups (broad SMARTS) is 1. The first-order chi connectivity index (χ1) is 9.97. The average molecular weight is 296 g/mol. The van der Waals surface area contributed by atoms with E-state index in [0.717, 1.165) is 12.8 Å². The Morgan fingerprint density at radius 1 is 1.10 bits per heavy atom. The van der Waals surface area contributed by atoms with Gasteiger partial charge < -0.3 is 14.9 Å². The molecule has 0 spiro atoms. The van der Waals surface area contributed by atoms with Crippen molar-refractivity contribution in [1.29, 1.82) is 0 Å². The van der Waals surface area contributed by atoms with Crippen molar-refractivity contribution in [3.05, 3.63) is 0 Å². The van der Waals surface area contributed by atoms with Gasteiger partial charge in [0.15, 0.2) is 0 Å². The first-order valence-electron chi connectivity index (χ1n) is 7.80. The highest BCUT2D eigenvalue weighted by Gasteiger charge is 2.42. The lowest BCUT2D eigenvalue weighted by atomic mass is 9.99. The molecule has 6 heteroatoms. The van der Waals surface area contributed by atoms with Gasteiger partial charge in [0.05, 0.1) is 5.92 Å². The second kappa shape index (κ2) is 6.45. The molecule has 2 aliphatic heterocycles. The number of piperidine rings is 1. The lowest BCUT2D eigenvalue weighted by Crippen LogP contribution is -2.54. The molecule has 2 saturated heterocycles. The Labute approximate surface area is 125 Å². The molecule has 2 aliphatic rings. The third-order valence-electron chi connectivity index (χ3n) is 4.77. The molecule has 118 valence electrons. The van der Waals surface area contributed by atoms with E-state index >= 15 is 0 Å². The molecule has 0 saturated carbocycles. The molecule has 1 N–H and O–H groups in total. The van der Waals surface area contributed by atoms with Crippen molar-refractivity contribution in [2.45, 2.75) is 58.0 Å². The quantitative estimate of drug-likeness (QED) is 0.846. The fourth-order valence-corrected chi connectivity index (χ4v) is 3.46. The summed E-state index contributed by atoms with van der Waals surface area (Å²) in [6, 6.07) is -0.698. The number of nitrogens with zero attached hydrogens (tertiary/aromatic N) is 2. The molecule has 0 aliphatic carbocycles. The van der Waals surface area contributed by atoms with Crippen molar-refractivity contribution < 1.29 is 19.5 Å². The van der Waals surface area contributed by atoms with Crippen molar-refractivity contribution in [2.24, 2.45) is 5.92 Å². The van der Waals surface area contributed by atoms with Crippen LogP contribution in [0.3, 0.4) is 0 Å². The predicted molar refractivity (Wildman–Crippen MR) is 76.6 cm³/mol. The van der Waals surface area contributed by atoms with Gasteiger partial charge in [-0.25, -0.2) is 0 Å². The standard InChI is InChI=1S/C15H24N2O4/c1-3-13(18)17-8-5-4-6-12(17)14(19)16-9-7-11(10(16)2)15(20)21/h10-12H,3-9H2,1-2H3,(H,20,21). The minimum atomic E-state index is -0.845. The van der Waals surface area contributed by atoms with Crippen LogP contribution in [-0.4, -0.2) is 57.9 Å². The Kier molecular flexibility index (Phi) is 4.85. The summed E-state index contributed by atoms with van der Waals surface area (Å²) in [5, 5.41) is 9.17. The van der Waals surface area contributed by atoms with E-state index in [1.165, 1.54) is 0 Å². The van der Waals surface area contributed by atoms with Crippen molar-refractivity contribution in [3.8, 4) is 0 Å². The number of likely N-dealkylation sites (tertiary alicyclic amines) is 2. The van der Waals surface area contributed by atoms with Gasteiger partial charge in [0.1, 0.15) is 6.04 Å². The maximum absolute atomic E-state index is 12.7. The van der Waals surface area contributed by atoms with Crippen LogP contribution in [0.25, 0.3) is 0 Å². The highest BCUT2D eigenvalue weighted by molar-refractivity contribution is 5.88. The minimum Gasteiger partial charge on any atom is -0.481 e. The monoisotopic (exact) mass is 296 g/mol. The van der Waals surface area contributed by atoms with Crippen molar-refractivity contribution in [2.75, 3.05) is 13.1 Å². The Morgan fingerprint density at radius 3 is 2.38 bits per heavy atom. The highest BCUT2D eigenvalue weighted by atomic mass is 16.4. The number of amides is 2. The molecule has 0 aromatic rings. The summed E-state index contributed by atoms with van der Waals surface area (Å²) in [5.41, 5.74) is 0. The molecule has 3 atom stereocenters. The van der Waals surface area contributed by atoms with Crippen LogP contribution >= 0.6 is 0 Å². The van der Waals surface area contributed by atoms with Gasteiger partial charge in [0.25, 0.3) is 0 Å². The molecule has 0 aromatic heterocycles. The zero-order valence-corrected chi connectivity index (χ0v) is 12.7. The molecule has 0 bridgehead atoms. The van der Waals surface area contributed by atoms with Gasteiger partial charge in [0, 0.05) is 25.6 Å². The number of aliphatic carboxylic acids is 1. The van der Waals surface area contributed by atoms with Crippen LogP contribution in [0.1, 0.15) is 46.0 Å². The van der Waals surface area contributed by atoms with Crippen molar-refractivity contribution in [3.63, 3.8) is 0 Å². The summed E-state index contributed by atoms with van der Waals surface area (Å²) < 4.78 is 0. The van der Waals surface area contributed by atoms with E-state index in [-0.39, 0.29) is 17.9 Å². The molecule has 2 amide bonds. The number of carbonyl (C=O) groups excluding carboxylic acids is 2. The summed E-state index contributed by atoms with van der Waals surface area (Å²) >= 11 is 0. The van der Waals surface area contributed by atoms with E-state index in [4.69, 9.17) is 5.11 Å². The van der Waals surface area contributed by atoms with Gasteiger partial charge in [-0.3, -0.25) is 14.4 Å². The second-order valence-electron chi connectivity index (χ2n) is 5.96. The van der Waals surface area contributed by atoms with Gasteiger partial charge in [0.2, 0.25) is 11.8 Å². The first-order valence-corrected chi connectivity index (χ1v) is 7.80. The van der Waals surface area contributed by atoms with E-state index in [0.29, 0.717) is 32.4 Å². The Balaban J connectivity index is 2.11. The van der Waals surface area contributed by atoms with Crippen LogP contribution in [-0.2, 0) is 14.4 Å². The van der Waals surface area contributed by atoms with Crippen LogP contribution in [0.2, 0.25) is 0 Å². The second-order valence-corrected chi connectivity index (χ2v) is 5.96. The summed E-state index contributed by atoms with van der Waals surface area (Å²) in [5.74, 6) is -1.40.